The molecule has 0 spiro atoms. The van der Waals surface area contributed by atoms with E-state index in [0.717, 1.165) is 32.1 Å². The van der Waals surface area contributed by atoms with Crippen LogP contribution >= 0.6 is 0 Å². The summed E-state index contributed by atoms with van der Waals surface area (Å²) in [4.78, 5) is 11.2. The summed E-state index contributed by atoms with van der Waals surface area (Å²) in [5.74, 6) is 0.126. The van der Waals surface area contributed by atoms with Crippen molar-refractivity contribution in [3.63, 3.8) is 0 Å². The molecule has 2 unspecified atom stereocenters. The maximum atomic E-state index is 11.2. The molecule has 1 aliphatic carbocycles. The molecular formula is C10H19NO2. The molecule has 0 aliphatic heterocycles. The highest BCUT2D eigenvalue weighted by Crippen LogP contribution is 2.18. The van der Waals surface area contributed by atoms with Crippen LogP contribution in [0, 0.1) is 0 Å². The fourth-order valence-corrected chi connectivity index (χ4v) is 1.82. The second-order valence-electron chi connectivity index (χ2n) is 3.83. The molecule has 3 nitrogen and oxygen atoms in total. The van der Waals surface area contributed by atoms with Crippen LogP contribution in [-0.4, -0.2) is 23.2 Å². The fraction of sp³-hybridized carbons (Fsp3) is 0.900. The zero-order chi connectivity index (χ0) is 9.68. The summed E-state index contributed by atoms with van der Waals surface area (Å²) in [6.07, 6.45) is 4.95. The number of rotatable bonds is 3. The highest BCUT2D eigenvalue weighted by atomic mass is 16.3. The van der Waals surface area contributed by atoms with Crippen molar-refractivity contribution in [1.82, 2.24) is 5.32 Å². The standard InChI is InChI=1S/C10H19NO2/c1-2-4-10(13)11-8-5-3-6-9(12)7-8/h8-9,12H,2-7H2,1H3,(H,11,13). The molecule has 0 saturated heterocycles. The van der Waals surface area contributed by atoms with Gasteiger partial charge in [0.2, 0.25) is 5.91 Å². The third-order valence-electron chi connectivity index (χ3n) is 2.49. The predicted molar refractivity (Wildman–Crippen MR) is 51.3 cm³/mol. The van der Waals surface area contributed by atoms with Crippen LogP contribution in [0.5, 0.6) is 0 Å². The van der Waals surface area contributed by atoms with E-state index < -0.39 is 0 Å². The lowest BCUT2D eigenvalue weighted by molar-refractivity contribution is -0.122. The molecule has 0 bridgehead atoms. The highest BCUT2D eigenvalue weighted by molar-refractivity contribution is 5.76. The topological polar surface area (TPSA) is 49.3 Å². The maximum Gasteiger partial charge on any atom is 0.220 e. The average Bonchev–Trinajstić information content (AvgIpc) is 2.04. The molecular weight excluding hydrogens is 166 g/mol. The number of carbonyl (C=O) groups is 1. The van der Waals surface area contributed by atoms with Gasteiger partial charge in [-0.25, -0.2) is 0 Å². The molecule has 3 heteroatoms. The van der Waals surface area contributed by atoms with Crippen LogP contribution in [-0.2, 0) is 4.79 Å². The molecule has 76 valence electrons. The third kappa shape index (κ3) is 3.77. The van der Waals surface area contributed by atoms with Gasteiger partial charge in [0.1, 0.15) is 0 Å². The van der Waals surface area contributed by atoms with E-state index in [-0.39, 0.29) is 18.1 Å². The molecule has 0 aromatic heterocycles. The van der Waals surface area contributed by atoms with E-state index in [1.807, 2.05) is 6.92 Å². The number of aliphatic hydroxyl groups is 1. The zero-order valence-corrected chi connectivity index (χ0v) is 8.25. The number of nitrogens with one attached hydrogen (secondary N) is 1. The lowest BCUT2D eigenvalue weighted by atomic mass is 9.93. The van der Waals surface area contributed by atoms with Crippen LogP contribution in [0.3, 0.4) is 0 Å². The molecule has 1 rings (SSSR count). The first-order valence-electron chi connectivity index (χ1n) is 5.19. The molecule has 1 aliphatic rings. The van der Waals surface area contributed by atoms with Gasteiger partial charge in [-0.2, -0.15) is 0 Å². The largest absolute Gasteiger partial charge is 0.393 e. The van der Waals surface area contributed by atoms with Gasteiger partial charge in [0.25, 0.3) is 0 Å². The Kier molecular flexibility index (Phi) is 4.22. The molecule has 13 heavy (non-hydrogen) atoms. The van der Waals surface area contributed by atoms with Crippen molar-refractivity contribution < 1.29 is 9.90 Å². The summed E-state index contributed by atoms with van der Waals surface area (Å²) >= 11 is 0. The van der Waals surface area contributed by atoms with E-state index in [1.165, 1.54) is 0 Å². The van der Waals surface area contributed by atoms with Gasteiger partial charge in [-0.05, 0) is 32.1 Å². The monoisotopic (exact) mass is 185 g/mol. The molecule has 2 N–H and O–H groups in total. The second-order valence-corrected chi connectivity index (χ2v) is 3.83. The first-order chi connectivity index (χ1) is 6.22. The lowest BCUT2D eigenvalue weighted by Gasteiger charge is -2.26. The molecule has 0 heterocycles. The molecule has 0 aromatic rings. The summed E-state index contributed by atoms with van der Waals surface area (Å²) in [6, 6.07) is 0.211. The lowest BCUT2D eigenvalue weighted by Crippen LogP contribution is -2.39. The number of hydrogen-bond donors (Lipinski definition) is 2. The van der Waals surface area contributed by atoms with Crippen molar-refractivity contribution in [3.05, 3.63) is 0 Å². The number of carbonyl (C=O) groups excluding carboxylic acids is 1. The van der Waals surface area contributed by atoms with Crippen LogP contribution in [0.2, 0.25) is 0 Å². The van der Waals surface area contributed by atoms with Crippen LogP contribution < -0.4 is 5.32 Å². The van der Waals surface area contributed by atoms with Crippen molar-refractivity contribution in [1.29, 1.82) is 0 Å². The van der Waals surface area contributed by atoms with E-state index in [1.54, 1.807) is 0 Å². The van der Waals surface area contributed by atoms with E-state index >= 15 is 0 Å². The minimum Gasteiger partial charge on any atom is -0.393 e. The highest BCUT2D eigenvalue weighted by Gasteiger charge is 2.20. The normalized spacial score (nSPS) is 28.5. The Morgan fingerprint density at radius 1 is 1.54 bits per heavy atom. The Balaban J connectivity index is 2.23. The zero-order valence-electron chi connectivity index (χ0n) is 8.25. The Morgan fingerprint density at radius 3 is 2.92 bits per heavy atom. The molecule has 2 atom stereocenters. The quantitative estimate of drug-likeness (QED) is 0.694. The molecule has 1 fully saturated rings. The van der Waals surface area contributed by atoms with Gasteiger partial charge in [0, 0.05) is 12.5 Å². The van der Waals surface area contributed by atoms with Gasteiger partial charge in [-0.15, -0.1) is 0 Å². The van der Waals surface area contributed by atoms with Gasteiger partial charge in [0.05, 0.1) is 6.10 Å². The van der Waals surface area contributed by atoms with Gasteiger partial charge in [-0.1, -0.05) is 6.92 Å². The first kappa shape index (κ1) is 10.5. The second kappa shape index (κ2) is 5.22. The SMILES string of the molecule is CCCC(=O)NC1CCCC(O)C1. The van der Waals surface area contributed by atoms with Gasteiger partial charge < -0.3 is 10.4 Å². The maximum absolute atomic E-state index is 11.2. The number of amides is 1. The van der Waals surface area contributed by atoms with E-state index in [2.05, 4.69) is 5.32 Å². The smallest absolute Gasteiger partial charge is 0.220 e. The summed E-state index contributed by atoms with van der Waals surface area (Å²) in [6.45, 7) is 2.00. The Labute approximate surface area is 79.5 Å². The summed E-state index contributed by atoms with van der Waals surface area (Å²) in [5.41, 5.74) is 0. The summed E-state index contributed by atoms with van der Waals surface area (Å²) in [7, 11) is 0. The average molecular weight is 185 g/mol. The van der Waals surface area contributed by atoms with Crippen molar-refractivity contribution in [3.8, 4) is 0 Å². The minimum atomic E-state index is -0.208. The van der Waals surface area contributed by atoms with Crippen molar-refractivity contribution >= 4 is 5.91 Å². The molecule has 1 amide bonds. The summed E-state index contributed by atoms with van der Waals surface area (Å²) < 4.78 is 0. The first-order valence-corrected chi connectivity index (χ1v) is 5.19. The van der Waals surface area contributed by atoms with Crippen LogP contribution in [0.4, 0.5) is 0 Å². The molecule has 1 saturated carbocycles. The van der Waals surface area contributed by atoms with Gasteiger partial charge in [-0.3, -0.25) is 4.79 Å². The molecule has 0 aromatic carbocycles. The fourth-order valence-electron chi connectivity index (χ4n) is 1.82. The number of aliphatic hydroxyl groups excluding tert-OH is 1. The predicted octanol–water partition coefficient (Wildman–Crippen LogP) is 1.21. The van der Waals surface area contributed by atoms with Gasteiger partial charge in [0.15, 0.2) is 0 Å². The van der Waals surface area contributed by atoms with E-state index in [9.17, 15) is 9.90 Å². The van der Waals surface area contributed by atoms with Crippen LogP contribution in [0.15, 0.2) is 0 Å². The Hall–Kier alpha value is -0.570. The van der Waals surface area contributed by atoms with Crippen LogP contribution in [0.1, 0.15) is 45.4 Å². The van der Waals surface area contributed by atoms with Crippen LogP contribution in [0.25, 0.3) is 0 Å². The molecule has 0 radical (unpaired) electrons. The van der Waals surface area contributed by atoms with Gasteiger partial charge >= 0.3 is 0 Å². The third-order valence-corrected chi connectivity index (χ3v) is 2.49. The minimum absolute atomic E-state index is 0.126. The van der Waals surface area contributed by atoms with E-state index in [4.69, 9.17) is 0 Å². The Bertz CT molecular complexity index is 170. The van der Waals surface area contributed by atoms with Crippen molar-refractivity contribution in [2.24, 2.45) is 0 Å². The van der Waals surface area contributed by atoms with Crippen molar-refractivity contribution in [2.45, 2.75) is 57.6 Å². The summed E-state index contributed by atoms with van der Waals surface area (Å²) in [5, 5.41) is 12.3. The number of hydrogen-bond acceptors (Lipinski definition) is 2. The van der Waals surface area contributed by atoms with Crippen molar-refractivity contribution in [2.75, 3.05) is 0 Å². The Morgan fingerprint density at radius 2 is 2.31 bits per heavy atom. The van der Waals surface area contributed by atoms with E-state index in [0.29, 0.717) is 6.42 Å².